The molecule has 0 aromatic rings. The Morgan fingerprint density at radius 2 is 2.33 bits per heavy atom. The maximum atomic E-state index is 11.0. The van der Waals surface area contributed by atoms with Crippen LogP contribution < -0.4 is 10.6 Å². The van der Waals surface area contributed by atoms with E-state index in [0.29, 0.717) is 13.2 Å². The summed E-state index contributed by atoms with van der Waals surface area (Å²) in [5, 5.41) is 5.58. The number of nitrogens with one attached hydrogen (secondary N) is 2. The van der Waals surface area contributed by atoms with Crippen molar-refractivity contribution in [1.29, 1.82) is 0 Å². The fourth-order valence-corrected chi connectivity index (χ4v) is 0.934. The molecule has 0 saturated carbocycles. The van der Waals surface area contributed by atoms with E-state index < -0.39 is 0 Å². The minimum absolute atomic E-state index is 0.0725. The summed E-state index contributed by atoms with van der Waals surface area (Å²) in [7, 11) is 0. The van der Waals surface area contributed by atoms with Crippen molar-refractivity contribution in [1.82, 2.24) is 10.6 Å². The minimum Gasteiger partial charge on any atom is -0.377 e. The van der Waals surface area contributed by atoms with Crippen LogP contribution in [-0.2, 0) is 4.74 Å². The zero-order chi connectivity index (χ0) is 8.81. The Balaban J connectivity index is 1.95. The van der Waals surface area contributed by atoms with Gasteiger partial charge < -0.3 is 15.4 Å². The van der Waals surface area contributed by atoms with Crippen molar-refractivity contribution in [2.45, 2.75) is 25.8 Å². The molecule has 12 heavy (non-hydrogen) atoms. The molecule has 4 nitrogen and oxygen atoms in total. The number of urea groups is 1. The van der Waals surface area contributed by atoms with Gasteiger partial charge in [-0.25, -0.2) is 4.79 Å². The van der Waals surface area contributed by atoms with Crippen LogP contribution >= 0.6 is 0 Å². The first-order chi connectivity index (χ1) is 5.83. The number of hydrogen-bond acceptors (Lipinski definition) is 2. The van der Waals surface area contributed by atoms with Crippen molar-refractivity contribution in [3.05, 3.63) is 0 Å². The van der Waals surface area contributed by atoms with E-state index >= 15 is 0 Å². The first-order valence-electron chi connectivity index (χ1n) is 4.45. The van der Waals surface area contributed by atoms with Crippen LogP contribution in [0.25, 0.3) is 0 Å². The van der Waals surface area contributed by atoms with Crippen LogP contribution in [0.2, 0.25) is 0 Å². The third kappa shape index (κ3) is 3.09. The lowest BCUT2D eigenvalue weighted by Crippen LogP contribution is -2.51. The normalized spacial score (nSPS) is 16.8. The van der Waals surface area contributed by atoms with Crippen molar-refractivity contribution in [2.24, 2.45) is 0 Å². The molecule has 1 rings (SSSR count). The number of carbonyl (C=O) groups excluding carboxylic acids is 1. The van der Waals surface area contributed by atoms with Gasteiger partial charge in [-0.05, 0) is 6.42 Å². The molecule has 0 unspecified atom stereocenters. The van der Waals surface area contributed by atoms with Gasteiger partial charge in [0.1, 0.15) is 0 Å². The smallest absolute Gasteiger partial charge is 0.315 e. The minimum atomic E-state index is -0.0725. The number of rotatable bonds is 4. The average molecular weight is 172 g/mol. The van der Waals surface area contributed by atoms with Crippen LogP contribution in [0.15, 0.2) is 0 Å². The second-order valence-electron chi connectivity index (χ2n) is 2.99. The zero-order valence-electron chi connectivity index (χ0n) is 7.43. The summed E-state index contributed by atoms with van der Waals surface area (Å²) in [6, 6.07) is 0.156. The molecule has 4 heteroatoms. The molecule has 0 aliphatic carbocycles. The zero-order valence-corrected chi connectivity index (χ0v) is 7.43. The van der Waals surface area contributed by atoms with Gasteiger partial charge in [0.05, 0.1) is 19.3 Å². The van der Waals surface area contributed by atoms with E-state index in [2.05, 4.69) is 17.6 Å². The highest BCUT2D eigenvalue weighted by atomic mass is 16.5. The average Bonchev–Trinajstić information content (AvgIpc) is 1.98. The molecule has 1 fully saturated rings. The first-order valence-corrected chi connectivity index (χ1v) is 4.45. The third-order valence-corrected chi connectivity index (χ3v) is 1.79. The maximum absolute atomic E-state index is 11.0. The summed E-state index contributed by atoms with van der Waals surface area (Å²) in [6.45, 7) is 4.16. The van der Waals surface area contributed by atoms with E-state index in [-0.39, 0.29) is 12.1 Å². The second kappa shape index (κ2) is 4.98. The quantitative estimate of drug-likeness (QED) is 0.606. The van der Waals surface area contributed by atoms with Gasteiger partial charge in [-0.3, -0.25) is 0 Å². The predicted octanol–water partition coefficient (Wildman–Crippen LogP) is 0.484. The molecule has 70 valence electrons. The lowest BCUT2D eigenvalue weighted by Gasteiger charge is -2.26. The van der Waals surface area contributed by atoms with Gasteiger partial charge in [0.15, 0.2) is 0 Å². The Kier molecular flexibility index (Phi) is 3.87. The monoisotopic (exact) mass is 172 g/mol. The SMILES string of the molecule is CCCCNC(=O)NC1COC1. The van der Waals surface area contributed by atoms with Crippen LogP contribution in [0.3, 0.4) is 0 Å². The summed E-state index contributed by atoms with van der Waals surface area (Å²) in [6.07, 6.45) is 2.14. The Bertz CT molecular complexity index is 146. The highest BCUT2D eigenvalue weighted by Crippen LogP contribution is 1.98. The van der Waals surface area contributed by atoms with Gasteiger partial charge in [0, 0.05) is 6.54 Å². The van der Waals surface area contributed by atoms with E-state index in [9.17, 15) is 4.79 Å². The van der Waals surface area contributed by atoms with Crippen LogP contribution in [0.1, 0.15) is 19.8 Å². The van der Waals surface area contributed by atoms with E-state index in [1.165, 1.54) is 0 Å². The number of hydrogen-bond donors (Lipinski definition) is 2. The van der Waals surface area contributed by atoms with Crippen molar-refractivity contribution >= 4 is 6.03 Å². The van der Waals surface area contributed by atoms with Crippen molar-refractivity contribution < 1.29 is 9.53 Å². The molecule has 0 spiro atoms. The Morgan fingerprint density at radius 3 is 2.83 bits per heavy atom. The summed E-state index contributed by atoms with van der Waals surface area (Å²) in [5.41, 5.74) is 0. The van der Waals surface area contributed by atoms with Crippen LogP contribution in [0.4, 0.5) is 4.79 Å². The Morgan fingerprint density at radius 1 is 1.58 bits per heavy atom. The molecule has 2 N–H and O–H groups in total. The topological polar surface area (TPSA) is 50.4 Å². The Hall–Kier alpha value is -0.770. The molecule has 0 aromatic heterocycles. The molecule has 0 aromatic carbocycles. The van der Waals surface area contributed by atoms with Gasteiger partial charge >= 0.3 is 6.03 Å². The molecule has 0 radical (unpaired) electrons. The number of amides is 2. The molecule has 1 aliphatic heterocycles. The fourth-order valence-electron chi connectivity index (χ4n) is 0.934. The van der Waals surface area contributed by atoms with E-state index in [0.717, 1.165) is 19.4 Å². The van der Waals surface area contributed by atoms with Crippen molar-refractivity contribution in [3.8, 4) is 0 Å². The summed E-state index contributed by atoms with van der Waals surface area (Å²) < 4.78 is 4.92. The standard InChI is InChI=1S/C8H16N2O2/c1-2-3-4-9-8(11)10-7-5-12-6-7/h7H,2-6H2,1H3,(H2,9,10,11). The lowest BCUT2D eigenvalue weighted by atomic mass is 10.3. The van der Waals surface area contributed by atoms with Gasteiger partial charge in [-0.1, -0.05) is 13.3 Å². The number of carbonyl (C=O) groups is 1. The second-order valence-corrected chi connectivity index (χ2v) is 2.99. The van der Waals surface area contributed by atoms with Gasteiger partial charge in [-0.15, -0.1) is 0 Å². The fraction of sp³-hybridized carbons (Fsp3) is 0.875. The number of ether oxygens (including phenoxy) is 1. The molecular formula is C8H16N2O2. The summed E-state index contributed by atoms with van der Waals surface area (Å²) in [4.78, 5) is 11.0. The van der Waals surface area contributed by atoms with Crippen LogP contribution in [0.5, 0.6) is 0 Å². The molecule has 1 heterocycles. The summed E-state index contributed by atoms with van der Waals surface area (Å²) in [5.74, 6) is 0. The first kappa shape index (κ1) is 9.32. The molecule has 0 bridgehead atoms. The molecule has 1 aliphatic rings. The highest BCUT2D eigenvalue weighted by Gasteiger charge is 2.19. The summed E-state index contributed by atoms with van der Waals surface area (Å²) >= 11 is 0. The Labute approximate surface area is 72.7 Å². The van der Waals surface area contributed by atoms with Crippen LogP contribution in [-0.4, -0.2) is 31.8 Å². The van der Waals surface area contributed by atoms with E-state index in [4.69, 9.17) is 4.74 Å². The molecule has 2 amide bonds. The van der Waals surface area contributed by atoms with E-state index in [1.54, 1.807) is 0 Å². The third-order valence-electron chi connectivity index (χ3n) is 1.79. The van der Waals surface area contributed by atoms with Crippen molar-refractivity contribution in [3.63, 3.8) is 0 Å². The van der Waals surface area contributed by atoms with Crippen molar-refractivity contribution in [2.75, 3.05) is 19.8 Å². The molecule has 1 saturated heterocycles. The van der Waals surface area contributed by atoms with Gasteiger partial charge in [0.25, 0.3) is 0 Å². The van der Waals surface area contributed by atoms with E-state index in [1.807, 2.05) is 0 Å². The molecule has 0 atom stereocenters. The molecular weight excluding hydrogens is 156 g/mol. The number of unbranched alkanes of at least 4 members (excludes halogenated alkanes) is 1. The lowest BCUT2D eigenvalue weighted by molar-refractivity contribution is 0.0000109. The van der Waals surface area contributed by atoms with Gasteiger partial charge in [0.2, 0.25) is 0 Å². The van der Waals surface area contributed by atoms with Crippen LogP contribution in [0, 0.1) is 0 Å². The largest absolute Gasteiger partial charge is 0.377 e. The van der Waals surface area contributed by atoms with Gasteiger partial charge in [-0.2, -0.15) is 0 Å². The maximum Gasteiger partial charge on any atom is 0.315 e. The predicted molar refractivity (Wildman–Crippen MR) is 46.0 cm³/mol. The highest BCUT2D eigenvalue weighted by molar-refractivity contribution is 5.74.